The van der Waals surface area contributed by atoms with Crippen LogP contribution in [0, 0.1) is 11.8 Å². The van der Waals surface area contributed by atoms with Gasteiger partial charge in [-0.3, -0.25) is 0 Å². The lowest BCUT2D eigenvalue weighted by molar-refractivity contribution is -0.137. The van der Waals surface area contributed by atoms with Gasteiger partial charge in [-0.15, -0.1) is 0 Å². The van der Waals surface area contributed by atoms with E-state index in [1.807, 2.05) is 24.3 Å². The molecule has 1 aromatic rings. The van der Waals surface area contributed by atoms with Crippen LogP contribution >= 0.6 is 0 Å². The summed E-state index contributed by atoms with van der Waals surface area (Å²) in [4.78, 5) is 11.0. The smallest absolute Gasteiger partial charge is 0.331 e. The Balaban J connectivity index is 2.69. The van der Waals surface area contributed by atoms with Crippen molar-refractivity contribution in [1.29, 1.82) is 0 Å². The van der Waals surface area contributed by atoms with E-state index in [1.165, 1.54) is 12.2 Å². The van der Waals surface area contributed by atoms with E-state index in [2.05, 4.69) is 11.8 Å². The van der Waals surface area contributed by atoms with Gasteiger partial charge >= 0.3 is 5.97 Å². The lowest BCUT2D eigenvalue weighted by Crippen LogP contribution is -1.98. The highest BCUT2D eigenvalue weighted by atomic mass is 16.5. The van der Waals surface area contributed by atoms with Crippen LogP contribution in [0.15, 0.2) is 36.4 Å². The topological polar surface area (TPSA) is 35.5 Å². The molecule has 1 rings (SSSR count). The number of rotatable bonds is 3. The largest absolute Gasteiger partial charge is 0.495 e. The molecular formula is C14H14O3. The molecule has 0 N–H and O–H groups in total. The molecular weight excluding hydrogens is 216 g/mol. The monoisotopic (exact) mass is 230 g/mol. The number of hydrogen-bond acceptors (Lipinski definition) is 3. The summed E-state index contributed by atoms with van der Waals surface area (Å²) in [6.45, 7) is 2.12. The van der Waals surface area contributed by atoms with Crippen LogP contribution in [0.1, 0.15) is 12.5 Å². The summed E-state index contributed by atoms with van der Waals surface area (Å²) < 4.78 is 9.86. The fourth-order valence-corrected chi connectivity index (χ4v) is 1.17. The van der Waals surface area contributed by atoms with Crippen molar-refractivity contribution in [2.45, 2.75) is 6.92 Å². The van der Waals surface area contributed by atoms with Crippen molar-refractivity contribution in [3.05, 3.63) is 42.0 Å². The maximum absolute atomic E-state index is 11.0. The first-order valence-electron chi connectivity index (χ1n) is 5.25. The van der Waals surface area contributed by atoms with Crippen LogP contribution in [-0.4, -0.2) is 19.7 Å². The van der Waals surface area contributed by atoms with Gasteiger partial charge in [0.2, 0.25) is 0 Å². The molecule has 0 aliphatic carbocycles. The number of ether oxygens (including phenoxy) is 2. The summed E-state index contributed by atoms with van der Waals surface area (Å²) in [5.41, 5.74) is 0.781. The average molecular weight is 230 g/mol. The fraction of sp³-hybridized carbons (Fsp3) is 0.214. The van der Waals surface area contributed by atoms with E-state index in [0.717, 1.165) is 5.56 Å². The molecule has 0 heterocycles. The predicted octanol–water partition coefficient (Wildman–Crippen LogP) is 2.17. The van der Waals surface area contributed by atoms with Crippen LogP contribution in [0.5, 0.6) is 5.75 Å². The molecule has 0 bridgehead atoms. The molecule has 88 valence electrons. The SMILES string of the molecule is CCOC(=O)/C=C/C#Cc1ccccc1OC. The third-order valence-corrected chi connectivity index (χ3v) is 1.90. The van der Waals surface area contributed by atoms with E-state index in [9.17, 15) is 4.79 Å². The molecule has 0 saturated carbocycles. The van der Waals surface area contributed by atoms with E-state index in [0.29, 0.717) is 12.4 Å². The number of esters is 1. The van der Waals surface area contributed by atoms with Gasteiger partial charge in [0, 0.05) is 6.08 Å². The van der Waals surface area contributed by atoms with Crippen molar-refractivity contribution in [2.24, 2.45) is 0 Å². The van der Waals surface area contributed by atoms with E-state index in [4.69, 9.17) is 9.47 Å². The van der Waals surface area contributed by atoms with Crippen LogP contribution in [-0.2, 0) is 9.53 Å². The Bertz CT molecular complexity index is 464. The minimum absolute atomic E-state index is 0.364. The quantitative estimate of drug-likeness (QED) is 0.453. The molecule has 0 fully saturated rings. The van der Waals surface area contributed by atoms with Crippen LogP contribution in [0.25, 0.3) is 0 Å². The Labute approximate surface area is 101 Å². The van der Waals surface area contributed by atoms with Crippen molar-refractivity contribution < 1.29 is 14.3 Å². The summed E-state index contributed by atoms with van der Waals surface area (Å²) in [6.07, 6.45) is 2.76. The fourth-order valence-electron chi connectivity index (χ4n) is 1.17. The number of benzene rings is 1. The van der Waals surface area contributed by atoms with Crippen molar-refractivity contribution in [3.8, 4) is 17.6 Å². The highest BCUT2D eigenvalue weighted by Crippen LogP contribution is 2.15. The molecule has 0 aliphatic heterocycles. The third-order valence-electron chi connectivity index (χ3n) is 1.90. The first-order valence-corrected chi connectivity index (χ1v) is 5.25. The van der Waals surface area contributed by atoms with Gasteiger partial charge in [0.1, 0.15) is 5.75 Å². The number of hydrogen-bond donors (Lipinski definition) is 0. The summed E-state index contributed by atoms with van der Waals surface area (Å²) in [7, 11) is 1.59. The molecule has 0 aromatic heterocycles. The molecule has 3 nitrogen and oxygen atoms in total. The van der Waals surface area contributed by atoms with Gasteiger partial charge in [0.05, 0.1) is 19.3 Å². The van der Waals surface area contributed by atoms with Gasteiger partial charge in [-0.1, -0.05) is 24.0 Å². The average Bonchev–Trinajstić information content (AvgIpc) is 2.35. The molecule has 0 radical (unpaired) electrons. The Morgan fingerprint density at radius 2 is 2.18 bits per heavy atom. The maximum atomic E-state index is 11.0. The lowest BCUT2D eigenvalue weighted by Gasteiger charge is -2.00. The molecule has 0 spiro atoms. The van der Waals surface area contributed by atoms with E-state index >= 15 is 0 Å². The molecule has 0 atom stereocenters. The number of allylic oxidation sites excluding steroid dienone is 1. The third kappa shape index (κ3) is 4.43. The zero-order valence-corrected chi connectivity index (χ0v) is 9.90. The zero-order chi connectivity index (χ0) is 12.5. The van der Waals surface area contributed by atoms with Crippen molar-refractivity contribution in [2.75, 3.05) is 13.7 Å². The zero-order valence-electron chi connectivity index (χ0n) is 9.90. The molecule has 0 amide bonds. The van der Waals surface area contributed by atoms with Gasteiger partial charge in [-0.2, -0.15) is 0 Å². The lowest BCUT2D eigenvalue weighted by atomic mass is 10.2. The Kier molecular flexibility index (Phi) is 5.39. The van der Waals surface area contributed by atoms with Gasteiger partial charge in [0.15, 0.2) is 0 Å². The van der Waals surface area contributed by atoms with Gasteiger partial charge in [-0.25, -0.2) is 4.79 Å². The Morgan fingerprint density at radius 3 is 2.88 bits per heavy atom. The second kappa shape index (κ2) is 7.13. The first-order chi connectivity index (χ1) is 8.27. The molecule has 0 saturated heterocycles. The summed E-state index contributed by atoms with van der Waals surface area (Å²) in [6, 6.07) is 7.43. The normalized spacial score (nSPS) is 9.53. The van der Waals surface area contributed by atoms with Crippen LogP contribution in [0.3, 0.4) is 0 Å². The molecule has 0 unspecified atom stereocenters. The van der Waals surface area contributed by atoms with Crippen LogP contribution < -0.4 is 4.74 Å². The summed E-state index contributed by atoms with van der Waals surface area (Å²) in [5, 5.41) is 0. The van der Waals surface area contributed by atoms with Gasteiger partial charge in [0.25, 0.3) is 0 Å². The number of para-hydroxylation sites is 1. The van der Waals surface area contributed by atoms with Gasteiger partial charge < -0.3 is 9.47 Å². The molecule has 3 heteroatoms. The molecule has 0 aliphatic rings. The van der Waals surface area contributed by atoms with Crippen LogP contribution in [0.2, 0.25) is 0 Å². The van der Waals surface area contributed by atoms with E-state index < -0.39 is 0 Å². The molecule has 17 heavy (non-hydrogen) atoms. The van der Waals surface area contributed by atoms with E-state index in [-0.39, 0.29) is 5.97 Å². The van der Waals surface area contributed by atoms with Gasteiger partial charge in [-0.05, 0) is 25.1 Å². The minimum Gasteiger partial charge on any atom is -0.495 e. The first kappa shape index (κ1) is 12.9. The number of carbonyl (C=O) groups excluding carboxylic acids is 1. The highest BCUT2D eigenvalue weighted by molar-refractivity contribution is 5.82. The Morgan fingerprint density at radius 1 is 1.41 bits per heavy atom. The number of methoxy groups -OCH3 is 1. The summed E-state index contributed by atoms with van der Waals surface area (Å²) in [5.74, 6) is 5.97. The van der Waals surface area contributed by atoms with Crippen molar-refractivity contribution >= 4 is 5.97 Å². The van der Waals surface area contributed by atoms with Crippen molar-refractivity contribution in [3.63, 3.8) is 0 Å². The van der Waals surface area contributed by atoms with Crippen LogP contribution in [0.4, 0.5) is 0 Å². The number of carbonyl (C=O) groups is 1. The standard InChI is InChI=1S/C14H14O3/c1-3-17-14(15)11-7-5-9-12-8-4-6-10-13(12)16-2/h4,6-8,10-11H,3H2,1-2H3/b11-7+. The summed E-state index contributed by atoms with van der Waals surface area (Å²) >= 11 is 0. The minimum atomic E-state index is -0.387. The predicted molar refractivity (Wildman–Crippen MR) is 65.6 cm³/mol. The Hall–Kier alpha value is -2.21. The molecule has 1 aromatic carbocycles. The second-order valence-electron chi connectivity index (χ2n) is 3.06. The van der Waals surface area contributed by atoms with Crippen molar-refractivity contribution in [1.82, 2.24) is 0 Å². The highest BCUT2D eigenvalue weighted by Gasteiger charge is 1.95. The second-order valence-corrected chi connectivity index (χ2v) is 3.06. The van der Waals surface area contributed by atoms with E-state index in [1.54, 1.807) is 14.0 Å². The maximum Gasteiger partial charge on any atom is 0.331 e.